The van der Waals surface area contributed by atoms with Gasteiger partial charge >= 0.3 is 5.63 Å². The Labute approximate surface area is 162 Å². The molecule has 1 aliphatic rings. The van der Waals surface area contributed by atoms with Gasteiger partial charge in [-0.25, -0.2) is 4.79 Å². The van der Waals surface area contributed by atoms with Crippen LogP contribution in [0.2, 0.25) is 0 Å². The van der Waals surface area contributed by atoms with Gasteiger partial charge in [0, 0.05) is 35.5 Å². The average Bonchev–Trinajstić information content (AvgIpc) is 2.74. The first-order valence-electron chi connectivity index (χ1n) is 9.11. The number of anilines is 1. The van der Waals surface area contributed by atoms with Gasteiger partial charge in [0.2, 0.25) is 0 Å². The van der Waals surface area contributed by atoms with Crippen molar-refractivity contribution >= 4 is 28.1 Å². The molecular weight excluding hydrogens is 350 g/mol. The molecule has 2 heterocycles. The zero-order chi connectivity index (χ0) is 19.5. The minimum Gasteiger partial charge on any atom is -0.504 e. The molecule has 0 bridgehead atoms. The summed E-state index contributed by atoms with van der Waals surface area (Å²) in [4.78, 5) is 14.3. The Kier molecular flexibility index (Phi) is 4.71. The Bertz CT molecular complexity index is 1220. The third kappa shape index (κ3) is 3.18. The second-order valence-corrected chi connectivity index (χ2v) is 6.37. The van der Waals surface area contributed by atoms with Gasteiger partial charge in [-0.15, -0.1) is 5.73 Å². The molecule has 3 aromatic rings. The van der Waals surface area contributed by atoms with Gasteiger partial charge in [0.15, 0.2) is 11.5 Å². The Hall–Kier alpha value is -3.75. The van der Waals surface area contributed by atoms with E-state index in [9.17, 15) is 9.90 Å². The van der Waals surface area contributed by atoms with E-state index in [1.54, 1.807) is 30.3 Å². The third-order valence-electron chi connectivity index (χ3n) is 4.71. The molecule has 4 rings (SSSR count). The van der Waals surface area contributed by atoms with Crippen molar-refractivity contribution in [1.29, 1.82) is 0 Å². The van der Waals surface area contributed by atoms with Gasteiger partial charge < -0.3 is 14.4 Å². The molecular formula is C24H19NO3. The predicted octanol–water partition coefficient (Wildman–Crippen LogP) is 5.10. The number of para-hydroxylation sites is 1. The van der Waals surface area contributed by atoms with E-state index in [1.807, 2.05) is 18.2 Å². The van der Waals surface area contributed by atoms with Gasteiger partial charge in [0.1, 0.15) is 0 Å². The number of nitrogens with zero attached hydrogens (tertiary/aromatic N) is 1. The smallest absolute Gasteiger partial charge is 0.344 e. The van der Waals surface area contributed by atoms with Crippen LogP contribution in [0.3, 0.4) is 0 Å². The van der Waals surface area contributed by atoms with E-state index in [0.29, 0.717) is 10.8 Å². The summed E-state index contributed by atoms with van der Waals surface area (Å²) >= 11 is 0. The Balaban J connectivity index is 1.69. The van der Waals surface area contributed by atoms with Gasteiger partial charge in [0.25, 0.3) is 0 Å². The normalized spacial score (nSPS) is 14.0. The first-order chi connectivity index (χ1) is 13.7. The van der Waals surface area contributed by atoms with Crippen LogP contribution < -0.4 is 10.5 Å². The molecule has 1 N–H and O–H groups in total. The lowest BCUT2D eigenvalue weighted by Crippen LogP contribution is -2.18. The Morgan fingerprint density at radius 2 is 1.86 bits per heavy atom. The quantitative estimate of drug-likeness (QED) is 0.652. The molecule has 0 unspecified atom stereocenters. The van der Waals surface area contributed by atoms with Crippen LogP contribution in [0, 0.1) is 0 Å². The lowest BCUT2D eigenvalue weighted by molar-refractivity contribution is 0.426. The molecule has 0 amide bonds. The molecule has 0 saturated heterocycles. The van der Waals surface area contributed by atoms with Crippen LogP contribution in [0.1, 0.15) is 18.2 Å². The van der Waals surface area contributed by atoms with Crippen LogP contribution in [-0.4, -0.2) is 11.7 Å². The Morgan fingerprint density at radius 3 is 2.68 bits per heavy atom. The lowest BCUT2D eigenvalue weighted by Gasteiger charge is -2.26. The number of fused-ring (bicyclic) bond motifs is 2. The minimum absolute atomic E-state index is 0.0646. The standard InChI is InChI=1S/C24H19NO3/c1-2-25-16-15-17(18-10-6-7-13-21(18)25)9-3-8-14-22-23(26)19-11-4-5-12-20(19)24(27)28-22/h3-7,9-16,26H,2H2,1H3. The second-order valence-electron chi connectivity index (χ2n) is 6.37. The fourth-order valence-electron chi connectivity index (χ4n) is 3.29. The summed E-state index contributed by atoms with van der Waals surface area (Å²) in [6.07, 6.45) is 9.26. The second kappa shape index (κ2) is 7.47. The first-order valence-corrected chi connectivity index (χ1v) is 9.11. The Morgan fingerprint density at radius 1 is 1.11 bits per heavy atom. The van der Waals surface area contributed by atoms with Crippen LogP contribution >= 0.6 is 0 Å². The summed E-state index contributed by atoms with van der Waals surface area (Å²) in [6, 6.07) is 15.0. The van der Waals surface area contributed by atoms with Crippen LogP contribution in [0.4, 0.5) is 5.69 Å². The van der Waals surface area contributed by atoms with Crippen LogP contribution in [0.5, 0.6) is 5.75 Å². The highest BCUT2D eigenvalue weighted by Gasteiger charge is 2.13. The number of allylic oxidation sites excluding steroid dienone is 4. The van der Waals surface area contributed by atoms with Crippen LogP contribution in [0.15, 0.2) is 87.9 Å². The molecule has 0 saturated carbocycles. The molecule has 0 radical (unpaired) electrons. The van der Waals surface area contributed by atoms with Crippen molar-refractivity contribution in [3.63, 3.8) is 0 Å². The monoisotopic (exact) mass is 369 g/mol. The maximum absolute atomic E-state index is 12.1. The topological polar surface area (TPSA) is 53.7 Å². The van der Waals surface area contributed by atoms with Crippen molar-refractivity contribution in [1.82, 2.24) is 0 Å². The fraction of sp³-hybridized carbons (Fsp3) is 0.0833. The van der Waals surface area contributed by atoms with E-state index in [1.165, 1.54) is 6.08 Å². The molecule has 138 valence electrons. The maximum atomic E-state index is 12.1. The number of aromatic hydroxyl groups is 1. The average molecular weight is 369 g/mol. The molecule has 1 aromatic heterocycles. The van der Waals surface area contributed by atoms with Crippen molar-refractivity contribution in [2.24, 2.45) is 0 Å². The summed E-state index contributed by atoms with van der Waals surface area (Å²) in [7, 11) is 0. The highest BCUT2D eigenvalue weighted by atomic mass is 16.4. The van der Waals surface area contributed by atoms with E-state index < -0.39 is 5.63 Å². The summed E-state index contributed by atoms with van der Waals surface area (Å²) in [5.41, 5.74) is 5.85. The summed E-state index contributed by atoms with van der Waals surface area (Å²) in [5, 5.41) is 11.2. The lowest BCUT2D eigenvalue weighted by atomic mass is 9.99. The largest absolute Gasteiger partial charge is 0.504 e. The van der Waals surface area contributed by atoms with Gasteiger partial charge in [0.05, 0.1) is 5.39 Å². The number of hydrogen-bond donors (Lipinski definition) is 1. The van der Waals surface area contributed by atoms with E-state index >= 15 is 0 Å². The number of hydrogen-bond acceptors (Lipinski definition) is 4. The summed E-state index contributed by atoms with van der Waals surface area (Å²) in [6.45, 7) is 3.01. The SMILES string of the molecule is CCN1C=CC(=CC=C=Cc2oc(=O)c3ccccc3c2O)c2ccccc21. The van der Waals surface area contributed by atoms with E-state index in [0.717, 1.165) is 23.4 Å². The van der Waals surface area contributed by atoms with Gasteiger partial charge in [-0.05, 0) is 42.9 Å². The zero-order valence-corrected chi connectivity index (χ0v) is 15.4. The molecule has 0 spiro atoms. The highest BCUT2D eigenvalue weighted by Crippen LogP contribution is 2.32. The van der Waals surface area contributed by atoms with E-state index in [2.05, 4.69) is 42.0 Å². The van der Waals surface area contributed by atoms with E-state index in [-0.39, 0.29) is 11.5 Å². The number of benzene rings is 2. The first kappa shape index (κ1) is 17.7. The summed E-state index contributed by atoms with van der Waals surface area (Å²) in [5.74, 6) is 0.0281. The molecule has 1 aliphatic heterocycles. The van der Waals surface area contributed by atoms with Gasteiger partial charge in [-0.3, -0.25) is 0 Å². The van der Waals surface area contributed by atoms with Crippen molar-refractivity contribution in [2.75, 3.05) is 11.4 Å². The van der Waals surface area contributed by atoms with E-state index in [4.69, 9.17) is 4.42 Å². The van der Waals surface area contributed by atoms with Crippen molar-refractivity contribution in [3.8, 4) is 5.75 Å². The third-order valence-corrected chi connectivity index (χ3v) is 4.71. The van der Waals surface area contributed by atoms with Crippen molar-refractivity contribution < 1.29 is 9.52 Å². The summed E-state index contributed by atoms with van der Waals surface area (Å²) < 4.78 is 5.21. The molecule has 2 aromatic carbocycles. The van der Waals surface area contributed by atoms with Crippen molar-refractivity contribution in [3.05, 3.63) is 100 Å². The molecule has 0 aliphatic carbocycles. The minimum atomic E-state index is -0.483. The van der Waals surface area contributed by atoms with Crippen molar-refractivity contribution in [2.45, 2.75) is 6.92 Å². The van der Waals surface area contributed by atoms with Crippen LogP contribution in [0.25, 0.3) is 22.4 Å². The fourth-order valence-corrected chi connectivity index (χ4v) is 3.29. The molecule has 0 fully saturated rings. The van der Waals surface area contributed by atoms with Gasteiger partial charge in [-0.2, -0.15) is 0 Å². The molecule has 4 heteroatoms. The number of rotatable bonds is 3. The van der Waals surface area contributed by atoms with Gasteiger partial charge in [-0.1, -0.05) is 36.4 Å². The van der Waals surface area contributed by atoms with Crippen LogP contribution in [-0.2, 0) is 0 Å². The molecule has 0 atom stereocenters. The maximum Gasteiger partial charge on any atom is 0.344 e. The predicted molar refractivity (Wildman–Crippen MR) is 113 cm³/mol. The zero-order valence-electron chi connectivity index (χ0n) is 15.4. The highest BCUT2D eigenvalue weighted by molar-refractivity contribution is 5.89. The molecule has 4 nitrogen and oxygen atoms in total. The molecule has 28 heavy (non-hydrogen) atoms.